The Bertz CT molecular complexity index is 342. The molecule has 0 bridgehead atoms. The van der Waals surface area contributed by atoms with Crippen LogP contribution in [0.5, 0.6) is 5.75 Å². The van der Waals surface area contributed by atoms with E-state index in [1.54, 1.807) is 0 Å². The first kappa shape index (κ1) is 11.4. The molecule has 0 aliphatic heterocycles. The second kappa shape index (κ2) is 3.85. The Kier molecular flexibility index (Phi) is 3.64. The Balaban J connectivity index is 0.00000121. The first-order chi connectivity index (χ1) is 5.00. The third-order valence-corrected chi connectivity index (χ3v) is 1.99. The third-order valence-electron chi connectivity index (χ3n) is 1.12. The molecule has 1 rings (SSSR count). The average molecular weight is 207 g/mol. The number of hydrogen-bond acceptors (Lipinski definition) is 2. The van der Waals surface area contributed by atoms with E-state index in [2.05, 4.69) is 0 Å². The first-order valence-electron chi connectivity index (χ1n) is 2.75. The summed E-state index contributed by atoms with van der Waals surface area (Å²) < 4.78 is 29.2. The molecule has 6 heteroatoms. The zero-order chi connectivity index (χ0) is 8.48. The summed E-state index contributed by atoms with van der Waals surface area (Å²) in [6.07, 6.45) is 0. The predicted octanol–water partition coefficient (Wildman–Crippen LogP) is 1.14. The van der Waals surface area contributed by atoms with E-state index in [-0.39, 0.29) is 20.5 Å². The van der Waals surface area contributed by atoms with Crippen LogP contribution in [0.2, 0.25) is 0 Å². The van der Waals surface area contributed by atoms with Gasteiger partial charge >= 0.3 is 0 Å². The van der Waals surface area contributed by atoms with E-state index >= 15 is 0 Å². The van der Waals surface area contributed by atoms with Crippen molar-refractivity contribution in [2.75, 3.05) is 0 Å². The van der Waals surface area contributed by atoms with E-state index < -0.39 is 10.1 Å². The predicted molar refractivity (Wildman–Crippen MR) is 47.5 cm³/mol. The van der Waals surface area contributed by atoms with Gasteiger partial charge in [-0.2, -0.15) is 18.3 Å². The smallest absolute Gasteiger partial charge is 0.290 e. The molecule has 0 heterocycles. The van der Waals surface area contributed by atoms with Crippen molar-refractivity contribution in [1.29, 1.82) is 0 Å². The van der Waals surface area contributed by atoms with Gasteiger partial charge in [0.1, 0.15) is 0 Å². The SMILES string of the molecule is P.[O]c1ccc(S(=O)(=O)O)cc1. The Morgan fingerprint density at radius 1 is 1.08 bits per heavy atom. The Labute approximate surface area is 73.6 Å². The van der Waals surface area contributed by atoms with Gasteiger partial charge in [0.25, 0.3) is 10.1 Å². The minimum absolute atomic E-state index is 0. The molecule has 0 aliphatic carbocycles. The number of hydrogen-bond donors (Lipinski definition) is 1. The van der Waals surface area contributed by atoms with Gasteiger partial charge in [-0.3, -0.25) is 9.66 Å². The molecule has 0 fully saturated rings. The maximum absolute atomic E-state index is 10.5. The quantitative estimate of drug-likeness (QED) is 0.554. The largest absolute Gasteiger partial charge is 0.294 e. The fourth-order valence-electron chi connectivity index (χ4n) is 0.612. The van der Waals surface area contributed by atoms with Gasteiger partial charge in [0, 0.05) is 0 Å². The summed E-state index contributed by atoms with van der Waals surface area (Å²) in [5.74, 6) is -0.294. The van der Waals surface area contributed by atoms with Gasteiger partial charge in [-0.15, -0.1) is 0 Å². The molecule has 4 nitrogen and oxygen atoms in total. The zero-order valence-corrected chi connectivity index (χ0v) is 8.33. The maximum atomic E-state index is 10.5. The van der Waals surface area contributed by atoms with Gasteiger partial charge in [-0.25, -0.2) is 0 Å². The van der Waals surface area contributed by atoms with Crippen LogP contribution in [-0.4, -0.2) is 13.0 Å². The monoisotopic (exact) mass is 207 g/mol. The molecule has 1 aromatic carbocycles. The van der Waals surface area contributed by atoms with Crippen LogP contribution in [0, 0.1) is 0 Å². The van der Waals surface area contributed by atoms with Crippen molar-refractivity contribution in [3.63, 3.8) is 0 Å². The van der Waals surface area contributed by atoms with E-state index in [0.717, 1.165) is 24.3 Å². The lowest BCUT2D eigenvalue weighted by molar-refractivity contribution is 0.354. The highest BCUT2D eigenvalue weighted by Crippen LogP contribution is 2.13. The van der Waals surface area contributed by atoms with Gasteiger partial charge in [-0.1, -0.05) is 0 Å². The molecule has 0 saturated heterocycles. The zero-order valence-electron chi connectivity index (χ0n) is 6.10. The molecule has 0 spiro atoms. The number of benzene rings is 1. The average Bonchev–Trinajstić information content (AvgIpc) is 1.86. The molecule has 1 atom stereocenters. The van der Waals surface area contributed by atoms with E-state index in [0.29, 0.717) is 0 Å². The topological polar surface area (TPSA) is 74.3 Å². The molecular weight excluding hydrogens is 199 g/mol. The molecule has 1 radical (unpaired) electrons. The van der Waals surface area contributed by atoms with Gasteiger partial charge in [0.05, 0.1) is 4.90 Å². The first-order valence-corrected chi connectivity index (χ1v) is 4.19. The summed E-state index contributed by atoms with van der Waals surface area (Å²) in [5, 5.41) is 10.5. The minimum Gasteiger partial charge on any atom is -0.290 e. The van der Waals surface area contributed by atoms with Crippen molar-refractivity contribution in [2.24, 2.45) is 0 Å². The summed E-state index contributed by atoms with van der Waals surface area (Å²) in [7, 11) is -4.16. The fraction of sp³-hybridized carbons (Fsp3) is 0. The van der Waals surface area contributed by atoms with Crippen molar-refractivity contribution in [3.8, 4) is 5.75 Å². The van der Waals surface area contributed by atoms with Crippen molar-refractivity contribution in [3.05, 3.63) is 24.3 Å². The second-order valence-electron chi connectivity index (χ2n) is 1.95. The van der Waals surface area contributed by atoms with Crippen LogP contribution in [0.15, 0.2) is 29.2 Å². The fourth-order valence-corrected chi connectivity index (χ4v) is 1.09. The van der Waals surface area contributed by atoms with E-state index in [1.807, 2.05) is 0 Å². The Morgan fingerprint density at radius 2 is 1.50 bits per heavy atom. The molecule has 1 N–H and O–H groups in total. The molecule has 0 aromatic heterocycles. The Morgan fingerprint density at radius 3 is 1.83 bits per heavy atom. The Hall–Kier alpha value is -0.640. The molecule has 12 heavy (non-hydrogen) atoms. The lowest BCUT2D eigenvalue weighted by Crippen LogP contribution is -1.96. The molecule has 0 amide bonds. The minimum atomic E-state index is -4.16. The summed E-state index contributed by atoms with van der Waals surface area (Å²) in [6, 6.07) is 4.25. The summed E-state index contributed by atoms with van der Waals surface area (Å²) in [6.45, 7) is 0. The maximum Gasteiger partial charge on any atom is 0.294 e. The van der Waals surface area contributed by atoms with Gasteiger partial charge in [-0.05, 0) is 24.3 Å². The standard InChI is InChI=1S/C6H5O4S.H3P/c7-5-1-3-6(4-2-5)11(8,9)10;/h1-4H,(H,8,9,10);1H3. The van der Waals surface area contributed by atoms with Crippen LogP contribution < -0.4 is 0 Å². The molecular formula is C6H8O4PS. The lowest BCUT2D eigenvalue weighted by Gasteiger charge is -1.93. The van der Waals surface area contributed by atoms with Crippen molar-refractivity contribution in [2.45, 2.75) is 4.90 Å². The summed E-state index contributed by atoms with van der Waals surface area (Å²) in [5.41, 5.74) is 0. The molecule has 0 saturated carbocycles. The van der Waals surface area contributed by atoms with Crippen molar-refractivity contribution >= 4 is 20.0 Å². The van der Waals surface area contributed by atoms with Crippen LogP contribution in [0.1, 0.15) is 0 Å². The molecule has 0 aliphatic rings. The van der Waals surface area contributed by atoms with Gasteiger partial charge in [0.2, 0.25) is 0 Å². The molecule has 1 aromatic rings. The highest BCUT2D eigenvalue weighted by Gasteiger charge is 2.07. The van der Waals surface area contributed by atoms with E-state index in [9.17, 15) is 13.5 Å². The highest BCUT2D eigenvalue weighted by atomic mass is 32.2. The normalized spacial score (nSPS) is 10.4. The van der Waals surface area contributed by atoms with E-state index in [4.69, 9.17) is 4.55 Å². The lowest BCUT2D eigenvalue weighted by atomic mass is 10.3. The highest BCUT2D eigenvalue weighted by molar-refractivity contribution is 7.85. The molecule has 67 valence electrons. The van der Waals surface area contributed by atoms with Crippen LogP contribution in [-0.2, 0) is 15.2 Å². The van der Waals surface area contributed by atoms with Gasteiger partial charge in [0.15, 0.2) is 5.75 Å². The van der Waals surface area contributed by atoms with Gasteiger partial charge < -0.3 is 0 Å². The number of rotatable bonds is 1. The molecule has 1 unspecified atom stereocenters. The summed E-state index contributed by atoms with van der Waals surface area (Å²) in [4.78, 5) is -0.267. The van der Waals surface area contributed by atoms with Crippen molar-refractivity contribution in [1.82, 2.24) is 0 Å². The van der Waals surface area contributed by atoms with Crippen LogP contribution in [0.25, 0.3) is 0 Å². The summed E-state index contributed by atoms with van der Waals surface area (Å²) >= 11 is 0. The van der Waals surface area contributed by atoms with Crippen LogP contribution in [0.3, 0.4) is 0 Å². The van der Waals surface area contributed by atoms with Crippen molar-refractivity contribution < 1.29 is 18.1 Å². The second-order valence-corrected chi connectivity index (χ2v) is 3.37. The van der Waals surface area contributed by atoms with Crippen LogP contribution in [0.4, 0.5) is 0 Å². The van der Waals surface area contributed by atoms with E-state index in [1.165, 1.54) is 0 Å². The van der Waals surface area contributed by atoms with Crippen LogP contribution >= 0.6 is 9.90 Å². The third kappa shape index (κ3) is 2.77.